The van der Waals surface area contributed by atoms with Crippen molar-refractivity contribution in [3.63, 3.8) is 0 Å². The van der Waals surface area contributed by atoms with Gasteiger partial charge >= 0.3 is 0 Å². The summed E-state index contributed by atoms with van der Waals surface area (Å²) in [6.45, 7) is 2.63. The Kier molecular flexibility index (Phi) is 11.4. The molecular weight excluding hydrogens is 601 g/mol. The van der Waals surface area contributed by atoms with Crippen LogP contribution in [0.3, 0.4) is 0 Å². The first-order chi connectivity index (χ1) is 21.9. The van der Waals surface area contributed by atoms with Gasteiger partial charge in [0.2, 0.25) is 15.8 Å². The van der Waals surface area contributed by atoms with Crippen molar-refractivity contribution in [2.45, 2.75) is 82.4 Å². The summed E-state index contributed by atoms with van der Waals surface area (Å²) in [4.78, 5) is 18.1. The molecule has 2 N–H and O–H groups in total. The van der Waals surface area contributed by atoms with Gasteiger partial charge in [-0.15, -0.1) is 11.3 Å². The fourth-order valence-electron chi connectivity index (χ4n) is 5.67. The van der Waals surface area contributed by atoms with Gasteiger partial charge in [0, 0.05) is 11.9 Å². The van der Waals surface area contributed by atoms with Crippen LogP contribution in [0.15, 0.2) is 83.8 Å². The van der Waals surface area contributed by atoms with Crippen molar-refractivity contribution in [1.29, 1.82) is 0 Å². The summed E-state index contributed by atoms with van der Waals surface area (Å²) in [7, 11) is -3.68. The number of hydrogen-bond acceptors (Lipinski definition) is 6. The van der Waals surface area contributed by atoms with Gasteiger partial charge in [-0.2, -0.15) is 0 Å². The van der Waals surface area contributed by atoms with E-state index in [1.165, 1.54) is 56.6 Å². The van der Waals surface area contributed by atoms with Crippen molar-refractivity contribution in [2.75, 3.05) is 6.54 Å². The average Bonchev–Trinajstić information content (AvgIpc) is 3.48. The number of ketones is 1. The molecule has 0 bridgehead atoms. The quantitative estimate of drug-likeness (QED) is 0.0779. The number of fused-ring (bicyclic) bond motifs is 2. The van der Waals surface area contributed by atoms with E-state index < -0.39 is 15.8 Å². The van der Waals surface area contributed by atoms with E-state index in [0.717, 1.165) is 48.0 Å². The predicted molar refractivity (Wildman–Crippen MR) is 185 cm³/mol. The van der Waals surface area contributed by atoms with Gasteiger partial charge in [0.1, 0.15) is 5.75 Å². The fourth-order valence-corrected chi connectivity index (χ4v) is 7.81. The van der Waals surface area contributed by atoms with Crippen molar-refractivity contribution in [1.82, 2.24) is 9.71 Å². The molecule has 6 nitrogen and oxygen atoms in total. The van der Waals surface area contributed by atoms with Crippen LogP contribution in [0.2, 0.25) is 0 Å². The number of sulfonamides is 1. The Labute approximate surface area is 270 Å². The summed E-state index contributed by atoms with van der Waals surface area (Å²) in [5, 5.41) is 12.7. The number of phenolic OH excluding ortho intramolecular Hbond substituents is 1. The Bertz CT molecular complexity index is 1850. The highest BCUT2D eigenvalue weighted by Gasteiger charge is 2.21. The third-order valence-corrected chi connectivity index (χ3v) is 10.7. The van der Waals surface area contributed by atoms with E-state index in [9.17, 15) is 18.3 Å². The first-order valence-corrected chi connectivity index (χ1v) is 18.4. The SMILES string of the molecule is CCCCCCCCCCCCNS(=O)(=O)c1ccc2nc(C(=O)c3ccc4cc(Cc5ccccc5)ccc4c3O)sc2c1. The maximum Gasteiger partial charge on any atom is 0.240 e. The Balaban J connectivity index is 1.19. The van der Waals surface area contributed by atoms with Crippen molar-refractivity contribution in [3.8, 4) is 5.75 Å². The number of carbonyl (C=O) groups excluding carboxylic acids is 1. The minimum absolute atomic E-state index is 0.0811. The normalized spacial score (nSPS) is 11.8. The molecule has 236 valence electrons. The number of thiazole rings is 1. The molecule has 0 radical (unpaired) electrons. The third-order valence-electron chi connectivity index (χ3n) is 8.24. The second-order valence-electron chi connectivity index (χ2n) is 11.7. The lowest BCUT2D eigenvalue weighted by Crippen LogP contribution is -2.24. The highest BCUT2D eigenvalue weighted by molar-refractivity contribution is 7.89. The van der Waals surface area contributed by atoms with Crippen molar-refractivity contribution in [3.05, 3.63) is 101 Å². The lowest BCUT2D eigenvalue weighted by Gasteiger charge is -2.08. The van der Waals surface area contributed by atoms with E-state index in [1.54, 1.807) is 18.2 Å². The highest BCUT2D eigenvalue weighted by atomic mass is 32.2. The van der Waals surface area contributed by atoms with Gasteiger partial charge in [0.05, 0.1) is 20.7 Å². The topological polar surface area (TPSA) is 96.4 Å². The van der Waals surface area contributed by atoms with Crippen LogP contribution in [0.4, 0.5) is 0 Å². The summed E-state index contributed by atoms with van der Waals surface area (Å²) in [6.07, 6.45) is 12.7. The van der Waals surface area contributed by atoms with Crippen molar-refractivity contribution < 1.29 is 18.3 Å². The molecule has 0 saturated heterocycles. The molecule has 0 saturated carbocycles. The third kappa shape index (κ3) is 8.57. The predicted octanol–water partition coefficient (Wildman–Crippen LogP) is 9.18. The van der Waals surface area contributed by atoms with Crippen molar-refractivity contribution >= 4 is 48.1 Å². The number of rotatable bonds is 17. The first-order valence-electron chi connectivity index (χ1n) is 16.1. The molecular formula is C37H42N2O4S2. The van der Waals surface area contributed by atoms with E-state index in [2.05, 4.69) is 28.8 Å². The van der Waals surface area contributed by atoms with Crippen LogP contribution in [0.5, 0.6) is 5.75 Å². The number of nitrogens with one attached hydrogen (secondary N) is 1. The number of unbranched alkanes of at least 4 members (excludes halogenated alkanes) is 9. The summed E-state index contributed by atoms with van der Waals surface area (Å²) in [5.41, 5.74) is 3.03. The van der Waals surface area contributed by atoms with E-state index in [0.29, 0.717) is 22.1 Å². The zero-order valence-electron chi connectivity index (χ0n) is 25.9. The van der Waals surface area contributed by atoms with Gasteiger partial charge in [-0.05, 0) is 53.6 Å². The van der Waals surface area contributed by atoms with Crippen LogP contribution in [-0.2, 0) is 16.4 Å². The van der Waals surface area contributed by atoms with Crippen molar-refractivity contribution in [2.24, 2.45) is 0 Å². The Morgan fingerprint density at radius 3 is 2.24 bits per heavy atom. The molecule has 1 heterocycles. The number of benzene rings is 4. The molecule has 8 heteroatoms. The summed E-state index contributed by atoms with van der Waals surface area (Å²) < 4.78 is 29.3. The van der Waals surface area contributed by atoms with Gasteiger partial charge in [-0.3, -0.25) is 4.79 Å². The lowest BCUT2D eigenvalue weighted by molar-refractivity contribution is 0.103. The van der Waals surface area contributed by atoms with Crippen LogP contribution in [0.25, 0.3) is 21.0 Å². The molecule has 5 aromatic rings. The molecule has 5 rings (SSSR count). The Morgan fingerprint density at radius 2 is 1.51 bits per heavy atom. The smallest absolute Gasteiger partial charge is 0.240 e. The number of phenols is 1. The molecule has 4 aromatic carbocycles. The number of aromatic nitrogens is 1. The standard InChI is InChI=1S/C37H42N2O4S2/c1-2-3-4-5-6-7-8-9-10-14-23-38-45(42,43)30-19-22-33-34(26-30)44-37(39-33)36(41)32-21-18-29-25-28(17-20-31(29)35(32)40)24-27-15-12-11-13-16-27/h11-13,15-22,25-26,38,40H,2-10,14,23-24H2,1H3. The lowest BCUT2D eigenvalue weighted by atomic mass is 9.98. The number of aromatic hydroxyl groups is 1. The summed E-state index contributed by atoms with van der Waals surface area (Å²) in [6, 6.07) is 24.2. The zero-order valence-corrected chi connectivity index (χ0v) is 27.6. The maximum atomic E-state index is 13.5. The molecule has 0 aliphatic heterocycles. The Morgan fingerprint density at radius 1 is 0.800 bits per heavy atom. The van der Waals surface area contributed by atoms with Gasteiger partial charge < -0.3 is 5.11 Å². The molecule has 0 fully saturated rings. The fraction of sp³-hybridized carbons (Fsp3) is 0.351. The molecule has 0 amide bonds. The molecule has 0 aliphatic carbocycles. The second-order valence-corrected chi connectivity index (χ2v) is 14.5. The molecule has 45 heavy (non-hydrogen) atoms. The number of hydrogen-bond donors (Lipinski definition) is 2. The maximum absolute atomic E-state index is 13.5. The molecule has 0 unspecified atom stereocenters. The van der Waals surface area contributed by atoms with E-state index in [1.807, 2.05) is 42.5 Å². The summed E-state index contributed by atoms with van der Waals surface area (Å²) in [5.74, 6) is -0.477. The summed E-state index contributed by atoms with van der Waals surface area (Å²) >= 11 is 1.13. The number of nitrogens with zero attached hydrogens (tertiary/aromatic N) is 1. The van der Waals surface area contributed by atoms with Crippen LogP contribution in [0, 0.1) is 0 Å². The number of carbonyl (C=O) groups is 1. The average molecular weight is 643 g/mol. The first kappa shape index (κ1) is 32.8. The highest BCUT2D eigenvalue weighted by Crippen LogP contribution is 2.33. The van der Waals surface area contributed by atoms with Gasteiger partial charge in [-0.1, -0.05) is 119 Å². The zero-order chi connectivity index (χ0) is 31.6. The van der Waals surface area contributed by atoms with E-state index in [4.69, 9.17) is 0 Å². The van der Waals surface area contributed by atoms with Crippen LogP contribution in [0.1, 0.15) is 97.6 Å². The van der Waals surface area contributed by atoms with Crippen LogP contribution < -0.4 is 4.72 Å². The van der Waals surface area contributed by atoms with Gasteiger partial charge in [0.25, 0.3) is 0 Å². The molecule has 1 aromatic heterocycles. The minimum Gasteiger partial charge on any atom is -0.507 e. The van der Waals surface area contributed by atoms with Crippen LogP contribution >= 0.6 is 11.3 Å². The van der Waals surface area contributed by atoms with Crippen LogP contribution in [-0.4, -0.2) is 30.8 Å². The van der Waals surface area contributed by atoms with E-state index in [-0.39, 0.29) is 21.2 Å². The van der Waals surface area contributed by atoms with Gasteiger partial charge in [-0.25, -0.2) is 18.1 Å². The molecule has 0 atom stereocenters. The Hall–Kier alpha value is -3.59. The molecule has 0 aliphatic rings. The van der Waals surface area contributed by atoms with E-state index >= 15 is 0 Å². The second kappa shape index (κ2) is 15.6. The molecule has 0 spiro atoms. The van der Waals surface area contributed by atoms with Gasteiger partial charge in [0.15, 0.2) is 5.01 Å². The minimum atomic E-state index is -3.68. The monoisotopic (exact) mass is 642 g/mol. The largest absolute Gasteiger partial charge is 0.507 e.